The number of hydrogen-bond donors (Lipinski definition) is 1. The molecule has 3 heteroatoms. The van der Waals surface area contributed by atoms with Crippen LogP contribution < -0.4 is 5.73 Å². The number of fused-ring (bicyclic) bond motifs is 3. The van der Waals surface area contributed by atoms with Gasteiger partial charge in [-0.1, -0.05) is 18.2 Å². The molecule has 0 aliphatic heterocycles. The molecule has 0 amide bonds. The summed E-state index contributed by atoms with van der Waals surface area (Å²) in [5.41, 5.74) is 6.94. The number of thiophene rings is 1. The quantitative estimate of drug-likeness (QED) is 0.605. The third-order valence-electron chi connectivity index (χ3n) is 2.36. The summed E-state index contributed by atoms with van der Waals surface area (Å²) in [7, 11) is 0. The topological polar surface area (TPSA) is 38.9 Å². The van der Waals surface area contributed by atoms with Gasteiger partial charge in [0.15, 0.2) is 0 Å². The number of rotatable bonds is 0. The van der Waals surface area contributed by atoms with Gasteiger partial charge in [-0.2, -0.15) is 0 Å². The van der Waals surface area contributed by atoms with E-state index in [1.807, 2.05) is 29.8 Å². The fourth-order valence-corrected chi connectivity index (χ4v) is 2.49. The van der Waals surface area contributed by atoms with Crippen LogP contribution in [0, 0.1) is 0 Å². The summed E-state index contributed by atoms with van der Waals surface area (Å²) in [5.74, 6) is 0. The molecular weight excluding hydrogens is 192 g/mol. The monoisotopic (exact) mass is 200 g/mol. The Morgan fingerprint density at radius 1 is 1.21 bits per heavy atom. The van der Waals surface area contributed by atoms with E-state index in [1.54, 1.807) is 11.3 Å². The van der Waals surface area contributed by atoms with E-state index in [0.717, 1.165) is 26.7 Å². The summed E-state index contributed by atoms with van der Waals surface area (Å²) in [6.07, 6.45) is 1.88. The Morgan fingerprint density at radius 2 is 2.07 bits per heavy atom. The highest BCUT2D eigenvalue weighted by Crippen LogP contribution is 2.32. The molecule has 0 atom stereocenters. The summed E-state index contributed by atoms with van der Waals surface area (Å²) in [6, 6.07) is 8.07. The van der Waals surface area contributed by atoms with Crippen LogP contribution >= 0.6 is 11.3 Å². The van der Waals surface area contributed by atoms with Crippen LogP contribution in [-0.2, 0) is 0 Å². The minimum Gasteiger partial charge on any atom is -0.390 e. The van der Waals surface area contributed by atoms with E-state index in [1.165, 1.54) is 0 Å². The first kappa shape index (κ1) is 7.76. The van der Waals surface area contributed by atoms with Crippen LogP contribution in [0.1, 0.15) is 0 Å². The van der Waals surface area contributed by atoms with Crippen LogP contribution in [0.4, 0.5) is 5.00 Å². The van der Waals surface area contributed by atoms with Crippen LogP contribution in [0.15, 0.2) is 35.8 Å². The number of nitrogens with two attached hydrogens (primary N) is 1. The van der Waals surface area contributed by atoms with Crippen LogP contribution in [-0.4, -0.2) is 4.98 Å². The van der Waals surface area contributed by atoms with E-state index in [9.17, 15) is 0 Å². The third-order valence-corrected chi connectivity index (χ3v) is 3.19. The highest BCUT2D eigenvalue weighted by Gasteiger charge is 2.05. The largest absolute Gasteiger partial charge is 0.390 e. The fourth-order valence-electron chi connectivity index (χ4n) is 1.71. The molecule has 0 fully saturated rings. The fraction of sp³-hybridized carbons (Fsp3) is 0. The normalized spacial score (nSPS) is 11.1. The zero-order valence-electron chi connectivity index (χ0n) is 7.40. The molecule has 0 unspecified atom stereocenters. The molecule has 3 aromatic rings. The molecule has 68 valence electrons. The predicted octanol–water partition coefficient (Wildman–Crippen LogP) is 3.03. The van der Waals surface area contributed by atoms with Crippen molar-refractivity contribution in [2.24, 2.45) is 0 Å². The van der Waals surface area contributed by atoms with Gasteiger partial charge in [-0.15, -0.1) is 11.3 Å². The predicted molar refractivity (Wildman–Crippen MR) is 61.5 cm³/mol. The lowest BCUT2D eigenvalue weighted by Crippen LogP contribution is -1.82. The second-order valence-electron chi connectivity index (χ2n) is 3.21. The Labute approximate surface area is 85.0 Å². The van der Waals surface area contributed by atoms with E-state index in [4.69, 9.17) is 5.73 Å². The average Bonchev–Trinajstić information content (AvgIpc) is 2.61. The zero-order valence-corrected chi connectivity index (χ0v) is 8.21. The molecule has 0 aliphatic carbocycles. The Morgan fingerprint density at radius 3 is 3.00 bits per heavy atom. The maximum absolute atomic E-state index is 5.93. The van der Waals surface area contributed by atoms with E-state index in [0.29, 0.717) is 0 Å². The van der Waals surface area contributed by atoms with E-state index in [-0.39, 0.29) is 0 Å². The Hall–Kier alpha value is -1.61. The molecule has 2 N–H and O–H groups in total. The smallest absolute Gasteiger partial charge is 0.0943 e. The molecule has 2 aromatic heterocycles. The van der Waals surface area contributed by atoms with Crippen LogP contribution in [0.5, 0.6) is 0 Å². The average molecular weight is 200 g/mol. The highest BCUT2D eigenvalue weighted by molar-refractivity contribution is 7.16. The Bertz CT molecular complexity index is 613. The first-order chi connectivity index (χ1) is 6.86. The molecule has 3 rings (SSSR count). The number of benzene rings is 1. The third kappa shape index (κ3) is 0.930. The first-order valence-electron chi connectivity index (χ1n) is 4.37. The number of anilines is 1. The lowest BCUT2D eigenvalue weighted by Gasteiger charge is -1.98. The van der Waals surface area contributed by atoms with E-state index < -0.39 is 0 Å². The van der Waals surface area contributed by atoms with Gasteiger partial charge in [0.25, 0.3) is 0 Å². The molecule has 14 heavy (non-hydrogen) atoms. The molecule has 0 saturated heterocycles. The SMILES string of the molecule is Nc1scc2cnc3ccccc3c12. The van der Waals surface area contributed by atoms with E-state index in [2.05, 4.69) is 11.1 Å². The summed E-state index contributed by atoms with van der Waals surface area (Å²) in [5, 5.41) is 6.33. The minimum absolute atomic E-state index is 0.874. The van der Waals surface area contributed by atoms with Gasteiger partial charge in [-0.05, 0) is 6.07 Å². The molecule has 2 heterocycles. The van der Waals surface area contributed by atoms with Gasteiger partial charge in [0, 0.05) is 27.7 Å². The molecule has 2 nitrogen and oxygen atoms in total. The molecule has 0 radical (unpaired) electrons. The molecular formula is C11H8N2S. The van der Waals surface area contributed by atoms with E-state index >= 15 is 0 Å². The lowest BCUT2D eigenvalue weighted by atomic mass is 10.1. The summed E-state index contributed by atoms with van der Waals surface area (Å²) < 4.78 is 0. The second kappa shape index (κ2) is 2.69. The number of nitrogen functional groups attached to an aromatic ring is 1. The maximum Gasteiger partial charge on any atom is 0.0943 e. The zero-order chi connectivity index (χ0) is 9.54. The maximum atomic E-state index is 5.93. The van der Waals surface area contributed by atoms with Gasteiger partial charge in [-0.25, -0.2) is 0 Å². The summed E-state index contributed by atoms with van der Waals surface area (Å²) >= 11 is 1.57. The number of para-hydroxylation sites is 1. The van der Waals surface area contributed by atoms with Gasteiger partial charge in [0.2, 0.25) is 0 Å². The Balaban J connectivity index is 2.65. The standard InChI is InChI=1S/C11H8N2S/c12-11-10-7(6-14-11)5-13-9-4-2-1-3-8(9)10/h1-6H,12H2. The van der Waals surface area contributed by atoms with Crippen LogP contribution in [0.25, 0.3) is 21.7 Å². The number of nitrogens with zero attached hydrogens (tertiary/aromatic N) is 1. The highest BCUT2D eigenvalue weighted by atomic mass is 32.1. The van der Waals surface area contributed by atoms with Crippen LogP contribution in [0.2, 0.25) is 0 Å². The first-order valence-corrected chi connectivity index (χ1v) is 5.24. The molecule has 0 bridgehead atoms. The van der Waals surface area contributed by atoms with Crippen molar-refractivity contribution in [3.05, 3.63) is 35.8 Å². The van der Waals surface area contributed by atoms with Crippen molar-refractivity contribution < 1.29 is 0 Å². The summed E-state index contributed by atoms with van der Waals surface area (Å²) in [4.78, 5) is 4.37. The van der Waals surface area contributed by atoms with Gasteiger partial charge >= 0.3 is 0 Å². The Kier molecular flexibility index (Phi) is 1.49. The number of aromatic nitrogens is 1. The van der Waals surface area contributed by atoms with Gasteiger partial charge in [0.1, 0.15) is 0 Å². The van der Waals surface area contributed by atoms with Crippen molar-refractivity contribution in [1.82, 2.24) is 4.98 Å². The molecule has 0 saturated carbocycles. The van der Waals surface area contributed by atoms with Gasteiger partial charge in [0.05, 0.1) is 10.5 Å². The molecule has 1 aromatic carbocycles. The summed E-state index contributed by atoms with van der Waals surface area (Å²) in [6.45, 7) is 0. The number of pyridine rings is 1. The lowest BCUT2D eigenvalue weighted by molar-refractivity contribution is 1.45. The van der Waals surface area contributed by atoms with Crippen molar-refractivity contribution in [1.29, 1.82) is 0 Å². The van der Waals surface area contributed by atoms with Crippen molar-refractivity contribution >= 4 is 38.0 Å². The van der Waals surface area contributed by atoms with Crippen molar-refractivity contribution in [2.75, 3.05) is 5.73 Å². The second-order valence-corrected chi connectivity index (χ2v) is 4.12. The van der Waals surface area contributed by atoms with Crippen molar-refractivity contribution in [3.63, 3.8) is 0 Å². The van der Waals surface area contributed by atoms with Gasteiger partial charge < -0.3 is 5.73 Å². The van der Waals surface area contributed by atoms with Crippen LogP contribution in [0.3, 0.4) is 0 Å². The van der Waals surface area contributed by atoms with Crippen molar-refractivity contribution in [3.8, 4) is 0 Å². The van der Waals surface area contributed by atoms with Gasteiger partial charge in [-0.3, -0.25) is 4.98 Å². The molecule has 0 aliphatic rings. The molecule has 0 spiro atoms. The van der Waals surface area contributed by atoms with Crippen molar-refractivity contribution in [2.45, 2.75) is 0 Å². The number of hydrogen-bond acceptors (Lipinski definition) is 3. The minimum atomic E-state index is 0.874.